The Hall–Kier alpha value is -2.98. The van der Waals surface area contributed by atoms with Crippen LogP contribution >= 0.6 is 23.4 Å². The van der Waals surface area contributed by atoms with Gasteiger partial charge in [-0.3, -0.25) is 14.9 Å². The number of hydrogen-bond acceptors (Lipinski definition) is 7. The Morgan fingerprint density at radius 3 is 2.85 bits per heavy atom. The second kappa shape index (κ2) is 8.14. The Bertz CT molecular complexity index is 1010. The van der Waals surface area contributed by atoms with Gasteiger partial charge in [-0.05, 0) is 24.3 Å². The molecule has 0 bridgehead atoms. The Morgan fingerprint density at radius 2 is 2.11 bits per heavy atom. The first-order valence-electron chi connectivity index (χ1n) is 7.38. The summed E-state index contributed by atoms with van der Waals surface area (Å²) in [6, 6.07) is 9.70. The van der Waals surface area contributed by atoms with Crippen LogP contribution in [0.1, 0.15) is 0 Å². The quantitative estimate of drug-likeness (QED) is 0.370. The molecule has 0 spiro atoms. The summed E-state index contributed by atoms with van der Waals surface area (Å²) in [6.07, 6.45) is 0. The predicted octanol–water partition coefficient (Wildman–Crippen LogP) is 4.17. The van der Waals surface area contributed by atoms with Crippen molar-refractivity contribution in [3.8, 4) is 11.5 Å². The largest absolute Gasteiger partial charge is 0.411 e. The molecule has 0 aliphatic rings. The summed E-state index contributed by atoms with van der Waals surface area (Å²) in [4.78, 5) is 22.0. The number of benzene rings is 2. The van der Waals surface area contributed by atoms with Gasteiger partial charge in [0.25, 0.3) is 10.9 Å². The minimum atomic E-state index is -0.778. The molecule has 0 atom stereocenters. The van der Waals surface area contributed by atoms with Crippen LogP contribution in [0.15, 0.2) is 52.1 Å². The number of non-ortho nitro benzene ring substituents is 1. The first-order chi connectivity index (χ1) is 12.9. The molecule has 8 nitrogen and oxygen atoms in total. The number of aromatic nitrogens is 2. The zero-order valence-electron chi connectivity index (χ0n) is 13.4. The zero-order valence-corrected chi connectivity index (χ0v) is 15.0. The standard InChI is InChI=1S/C16H10ClFN4O4S/c17-10-3-1-2-9(6-10)15-20-21-16(26-15)27-8-14(23)19-13-7-11(22(24)25)4-5-12(13)18/h1-7H,8H2,(H,19,23). The van der Waals surface area contributed by atoms with Crippen molar-refractivity contribution in [2.75, 3.05) is 11.1 Å². The van der Waals surface area contributed by atoms with E-state index in [9.17, 15) is 19.3 Å². The lowest BCUT2D eigenvalue weighted by Crippen LogP contribution is -2.15. The number of carbonyl (C=O) groups is 1. The molecular formula is C16H10ClFN4O4S. The summed E-state index contributed by atoms with van der Waals surface area (Å²) in [7, 11) is 0. The second-order valence-corrected chi connectivity index (χ2v) is 6.50. The van der Waals surface area contributed by atoms with Crippen LogP contribution in [0.25, 0.3) is 11.5 Å². The molecule has 3 rings (SSSR count). The summed E-state index contributed by atoms with van der Waals surface area (Å²) >= 11 is 6.85. The van der Waals surface area contributed by atoms with E-state index in [1.165, 1.54) is 0 Å². The van der Waals surface area contributed by atoms with Crippen LogP contribution in [0.5, 0.6) is 0 Å². The monoisotopic (exact) mass is 408 g/mol. The van der Waals surface area contributed by atoms with Crippen LogP contribution in [0.3, 0.4) is 0 Å². The van der Waals surface area contributed by atoms with Gasteiger partial charge in [-0.2, -0.15) is 0 Å². The molecule has 27 heavy (non-hydrogen) atoms. The van der Waals surface area contributed by atoms with Crippen LogP contribution < -0.4 is 5.32 Å². The van der Waals surface area contributed by atoms with E-state index in [4.69, 9.17) is 16.0 Å². The molecule has 0 saturated carbocycles. The van der Waals surface area contributed by atoms with E-state index < -0.39 is 16.6 Å². The molecule has 11 heteroatoms. The predicted molar refractivity (Wildman–Crippen MR) is 97.2 cm³/mol. The maximum absolute atomic E-state index is 13.7. The fourth-order valence-electron chi connectivity index (χ4n) is 2.04. The average molecular weight is 409 g/mol. The van der Waals surface area contributed by atoms with Gasteiger partial charge < -0.3 is 9.73 Å². The van der Waals surface area contributed by atoms with E-state index in [1.807, 2.05) is 0 Å². The van der Waals surface area contributed by atoms with Gasteiger partial charge in [0.2, 0.25) is 11.8 Å². The van der Waals surface area contributed by atoms with Gasteiger partial charge in [0, 0.05) is 22.7 Å². The Morgan fingerprint density at radius 1 is 1.30 bits per heavy atom. The van der Waals surface area contributed by atoms with Crippen LogP contribution in [0.2, 0.25) is 5.02 Å². The molecule has 138 valence electrons. The van der Waals surface area contributed by atoms with Crippen molar-refractivity contribution < 1.29 is 18.5 Å². The zero-order chi connectivity index (χ0) is 19.4. The lowest BCUT2D eigenvalue weighted by molar-refractivity contribution is -0.384. The Labute approximate surface area is 160 Å². The number of nitrogens with zero attached hydrogens (tertiary/aromatic N) is 3. The minimum Gasteiger partial charge on any atom is -0.411 e. The lowest BCUT2D eigenvalue weighted by Gasteiger charge is -2.05. The van der Waals surface area contributed by atoms with Gasteiger partial charge in [0.05, 0.1) is 16.4 Å². The van der Waals surface area contributed by atoms with Crippen molar-refractivity contribution in [2.45, 2.75) is 5.22 Å². The fraction of sp³-hybridized carbons (Fsp3) is 0.0625. The number of hydrogen-bond donors (Lipinski definition) is 1. The number of amides is 1. The molecule has 1 N–H and O–H groups in total. The molecule has 1 aromatic heterocycles. The topological polar surface area (TPSA) is 111 Å². The number of nitro benzene ring substituents is 1. The van der Waals surface area contributed by atoms with Crippen LogP contribution in [0, 0.1) is 15.9 Å². The lowest BCUT2D eigenvalue weighted by atomic mass is 10.2. The highest BCUT2D eigenvalue weighted by Crippen LogP contribution is 2.26. The summed E-state index contributed by atoms with van der Waals surface area (Å²) < 4.78 is 19.1. The maximum Gasteiger partial charge on any atom is 0.277 e. The highest BCUT2D eigenvalue weighted by atomic mass is 35.5. The molecule has 0 aliphatic carbocycles. The van der Waals surface area contributed by atoms with E-state index in [1.54, 1.807) is 24.3 Å². The summed E-state index contributed by atoms with van der Waals surface area (Å²) in [5, 5.41) is 21.3. The third-order valence-electron chi connectivity index (χ3n) is 3.24. The van der Waals surface area contributed by atoms with Gasteiger partial charge >= 0.3 is 0 Å². The molecule has 2 aromatic carbocycles. The number of anilines is 1. The SMILES string of the molecule is O=C(CSc1nnc(-c2cccc(Cl)c2)o1)Nc1cc([N+](=O)[O-])ccc1F. The molecule has 1 amide bonds. The van der Waals surface area contributed by atoms with Gasteiger partial charge in [-0.15, -0.1) is 10.2 Å². The molecule has 0 radical (unpaired) electrons. The van der Waals surface area contributed by atoms with Crippen molar-refractivity contribution in [1.29, 1.82) is 0 Å². The number of rotatable bonds is 6. The second-order valence-electron chi connectivity index (χ2n) is 5.14. The normalized spacial score (nSPS) is 10.6. The molecule has 3 aromatic rings. The van der Waals surface area contributed by atoms with E-state index >= 15 is 0 Å². The molecule has 0 unspecified atom stereocenters. The van der Waals surface area contributed by atoms with Crippen molar-refractivity contribution in [3.63, 3.8) is 0 Å². The van der Waals surface area contributed by atoms with Gasteiger partial charge in [-0.1, -0.05) is 29.4 Å². The molecule has 0 fully saturated rings. The average Bonchev–Trinajstić information content (AvgIpc) is 3.11. The smallest absolute Gasteiger partial charge is 0.277 e. The van der Waals surface area contributed by atoms with E-state index in [2.05, 4.69) is 15.5 Å². The first-order valence-corrected chi connectivity index (χ1v) is 8.75. The van der Waals surface area contributed by atoms with Gasteiger partial charge in [0.15, 0.2) is 0 Å². The number of thioether (sulfide) groups is 1. The van der Waals surface area contributed by atoms with Crippen molar-refractivity contribution >= 4 is 40.6 Å². The van der Waals surface area contributed by atoms with Crippen LogP contribution in [-0.2, 0) is 4.79 Å². The first kappa shape index (κ1) is 18.8. The highest BCUT2D eigenvalue weighted by molar-refractivity contribution is 7.99. The highest BCUT2D eigenvalue weighted by Gasteiger charge is 2.15. The number of carbonyl (C=O) groups excluding carboxylic acids is 1. The van der Waals surface area contributed by atoms with Gasteiger partial charge in [-0.25, -0.2) is 4.39 Å². The van der Waals surface area contributed by atoms with Crippen LogP contribution in [-0.4, -0.2) is 26.8 Å². The molecular weight excluding hydrogens is 399 g/mol. The van der Waals surface area contributed by atoms with E-state index in [0.717, 1.165) is 30.0 Å². The van der Waals surface area contributed by atoms with E-state index in [0.29, 0.717) is 10.6 Å². The summed E-state index contributed by atoms with van der Waals surface area (Å²) in [5.41, 5.74) is 0.0207. The van der Waals surface area contributed by atoms with Crippen molar-refractivity contribution in [2.24, 2.45) is 0 Å². The number of halogens is 2. The Balaban J connectivity index is 1.62. The Kier molecular flexibility index (Phi) is 5.67. The third kappa shape index (κ3) is 4.80. The fourth-order valence-corrected chi connectivity index (χ4v) is 2.80. The molecule has 1 heterocycles. The number of nitro groups is 1. The third-order valence-corrected chi connectivity index (χ3v) is 4.29. The molecule has 0 aliphatic heterocycles. The van der Waals surface area contributed by atoms with Crippen molar-refractivity contribution in [3.05, 3.63) is 63.4 Å². The maximum atomic E-state index is 13.7. The molecule has 0 saturated heterocycles. The van der Waals surface area contributed by atoms with E-state index in [-0.39, 0.29) is 28.2 Å². The summed E-state index contributed by atoms with van der Waals surface area (Å²) in [5.74, 6) is -1.27. The summed E-state index contributed by atoms with van der Waals surface area (Å²) in [6.45, 7) is 0. The number of nitrogens with one attached hydrogen (secondary N) is 1. The van der Waals surface area contributed by atoms with Gasteiger partial charge in [0.1, 0.15) is 5.82 Å². The minimum absolute atomic E-state index is 0.139. The van der Waals surface area contributed by atoms with Crippen molar-refractivity contribution in [1.82, 2.24) is 10.2 Å². The van der Waals surface area contributed by atoms with Crippen LogP contribution in [0.4, 0.5) is 15.8 Å².